The van der Waals surface area contributed by atoms with Gasteiger partial charge < -0.3 is 19.9 Å². The Morgan fingerprint density at radius 1 is 1.28 bits per heavy atom. The summed E-state index contributed by atoms with van der Waals surface area (Å²) in [7, 11) is 1.55. The Hall–Kier alpha value is -2.57. The van der Waals surface area contributed by atoms with Crippen molar-refractivity contribution in [2.24, 2.45) is 0 Å². The summed E-state index contributed by atoms with van der Waals surface area (Å²) in [6, 6.07) is 7.09. The van der Waals surface area contributed by atoms with E-state index in [-0.39, 0.29) is 36.3 Å². The largest absolute Gasteiger partial charge is 0.476 e. The summed E-state index contributed by atoms with van der Waals surface area (Å²) in [6.45, 7) is 7.12. The van der Waals surface area contributed by atoms with Gasteiger partial charge in [0.15, 0.2) is 6.10 Å². The van der Waals surface area contributed by atoms with Crippen molar-refractivity contribution in [2.45, 2.75) is 39.3 Å². The summed E-state index contributed by atoms with van der Waals surface area (Å²) in [5.74, 6) is -0.274. The molecule has 1 unspecified atom stereocenters. The van der Waals surface area contributed by atoms with E-state index in [1.807, 2.05) is 26.8 Å². The third-order valence-electron chi connectivity index (χ3n) is 3.70. The van der Waals surface area contributed by atoms with Gasteiger partial charge in [-0.15, -0.1) is 0 Å². The number of hydrogen-bond acceptors (Lipinski definition) is 4. The molecule has 0 aromatic heterocycles. The van der Waals surface area contributed by atoms with Crippen molar-refractivity contribution in [3.63, 3.8) is 0 Å². The molecule has 0 radical (unpaired) electrons. The van der Waals surface area contributed by atoms with Gasteiger partial charge in [0, 0.05) is 19.5 Å². The highest BCUT2D eigenvalue weighted by molar-refractivity contribution is 5.96. The van der Waals surface area contributed by atoms with Crippen LogP contribution in [-0.4, -0.2) is 54.4 Å². The number of hydrogen-bond donors (Lipinski definition) is 1. The molecule has 1 heterocycles. The van der Waals surface area contributed by atoms with E-state index < -0.39 is 6.10 Å². The quantitative estimate of drug-likeness (QED) is 0.890. The number of likely N-dealkylation sites (N-methyl/N-ethyl adjacent to an activating group) is 1. The molecule has 0 spiro atoms. The number of fused-ring (bicyclic) bond motifs is 1. The van der Waals surface area contributed by atoms with Crippen LogP contribution in [-0.2, 0) is 14.4 Å². The molecule has 1 aromatic rings. The topological polar surface area (TPSA) is 79.0 Å². The van der Waals surface area contributed by atoms with E-state index in [0.717, 1.165) is 0 Å². The second kappa shape index (κ2) is 7.13. The standard InChI is InChI=1S/C18H25N3O4/c1-12(22)21-10-15(25-14-9-7-6-8-13(14)21)17(24)20(5)11-16(23)19-18(2,3)4/h6-9,15H,10-11H2,1-5H3,(H,19,23). The highest BCUT2D eigenvalue weighted by Crippen LogP contribution is 2.33. The van der Waals surface area contributed by atoms with Crippen LogP contribution < -0.4 is 15.0 Å². The highest BCUT2D eigenvalue weighted by atomic mass is 16.5. The Labute approximate surface area is 147 Å². The second-order valence-corrected chi connectivity index (χ2v) is 7.20. The van der Waals surface area contributed by atoms with Gasteiger partial charge in [0.2, 0.25) is 11.8 Å². The molecule has 7 heteroatoms. The minimum Gasteiger partial charge on any atom is -0.476 e. The zero-order valence-electron chi connectivity index (χ0n) is 15.3. The molecule has 0 bridgehead atoms. The van der Waals surface area contributed by atoms with Gasteiger partial charge in [0.1, 0.15) is 5.75 Å². The molecule has 7 nitrogen and oxygen atoms in total. The van der Waals surface area contributed by atoms with Crippen molar-refractivity contribution in [2.75, 3.05) is 25.0 Å². The van der Waals surface area contributed by atoms with E-state index in [0.29, 0.717) is 11.4 Å². The molecule has 2 rings (SSSR count). The number of carbonyl (C=O) groups is 3. The number of nitrogens with one attached hydrogen (secondary N) is 1. The lowest BCUT2D eigenvalue weighted by atomic mass is 10.1. The maximum Gasteiger partial charge on any atom is 0.265 e. The molecule has 25 heavy (non-hydrogen) atoms. The number of anilines is 1. The molecule has 3 amide bonds. The van der Waals surface area contributed by atoms with Crippen LogP contribution in [0.5, 0.6) is 5.75 Å². The van der Waals surface area contributed by atoms with E-state index in [1.54, 1.807) is 25.2 Å². The Morgan fingerprint density at radius 2 is 1.92 bits per heavy atom. The Kier molecular flexibility index (Phi) is 5.35. The number of benzene rings is 1. The van der Waals surface area contributed by atoms with E-state index in [4.69, 9.17) is 4.74 Å². The van der Waals surface area contributed by atoms with Crippen molar-refractivity contribution >= 4 is 23.4 Å². The zero-order valence-corrected chi connectivity index (χ0v) is 15.3. The average molecular weight is 347 g/mol. The maximum absolute atomic E-state index is 12.7. The van der Waals surface area contributed by atoms with Gasteiger partial charge in [-0.1, -0.05) is 12.1 Å². The molecule has 0 fully saturated rings. The van der Waals surface area contributed by atoms with Crippen LogP contribution in [0.4, 0.5) is 5.69 Å². The fraction of sp³-hybridized carbons (Fsp3) is 0.500. The van der Waals surface area contributed by atoms with Crippen molar-refractivity contribution < 1.29 is 19.1 Å². The van der Waals surface area contributed by atoms with Crippen molar-refractivity contribution in [1.29, 1.82) is 0 Å². The second-order valence-electron chi connectivity index (χ2n) is 7.20. The lowest BCUT2D eigenvalue weighted by Crippen LogP contribution is -2.53. The number of rotatable bonds is 3. The van der Waals surface area contributed by atoms with Gasteiger partial charge in [-0.25, -0.2) is 0 Å². The van der Waals surface area contributed by atoms with E-state index >= 15 is 0 Å². The predicted molar refractivity (Wildman–Crippen MR) is 94.4 cm³/mol. The first-order chi connectivity index (χ1) is 11.6. The number of carbonyl (C=O) groups excluding carboxylic acids is 3. The summed E-state index contributed by atoms with van der Waals surface area (Å²) in [5.41, 5.74) is 0.277. The normalized spacial score (nSPS) is 16.5. The smallest absolute Gasteiger partial charge is 0.265 e. The van der Waals surface area contributed by atoms with Crippen LogP contribution in [0, 0.1) is 0 Å². The van der Waals surface area contributed by atoms with Gasteiger partial charge in [-0.2, -0.15) is 0 Å². The van der Waals surface area contributed by atoms with Crippen LogP contribution in [0.1, 0.15) is 27.7 Å². The molecule has 1 atom stereocenters. The predicted octanol–water partition coefficient (Wildman–Crippen LogP) is 1.17. The first-order valence-corrected chi connectivity index (χ1v) is 8.18. The minimum absolute atomic E-state index is 0.0717. The first-order valence-electron chi connectivity index (χ1n) is 8.18. The molecule has 136 valence electrons. The number of nitrogens with zero attached hydrogens (tertiary/aromatic N) is 2. The van der Waals surface area contributed by atoms with Gasteiger partial charge in [-0.05, 0) is 32.9 Å². The first kappa shape index (κ1) is 18.8. The minimum atomic E-state index is -0.841. The Balaban J connectivity index is 2.09. The van der Waals surface area contributed by atoms with E-state index in [1.165, 1.54) is 16.7 Å². The van der Waals surface area contributed by atoms with Crippen LogP contribution in [0.25, 0.3) is 0 Å². The summed E-state index contributed by atoms with van der Waals surface area (Å²) in [4.78, 5) is 39.4. The van der Waals surface area contributed by atoms with Crippen LogP contribution in [0.2, 0.25) is 0 Å². The van der Waals surface area contributed by atoms with E-state index in [2.05, 4.69) is 5.32 Å². The maximum atomic E-state index is 12.7. The van der Waals surface area contributed by atoms with E-state index in [9.17, 15) is 14.4 Å². The van der Waals surface area contributed by atoms with Gasteiger partial charge in [0.25, 0.3) is 5.91 Å². The molecule has 1 aliphatic heterocycles. The van der Waals surface area contributed by atoms with Crippen LogP contribution in [0.3, 0.4) is 0 Å². The zero-order chi connectivity index (χ0) is 18.8. The third-order valence-corrected chi connectivity index (χ3v) is 3.70. The van der Waals surface area contributed by atoms with Crippen LogP contribution in [0.15, 0.2) is 24.3 Å². The third kappa shape index (κ3) is 4.71. The van der Waals surface area contributed by atoms with Crippen molar-refractivity contribution in [3.8, 4) is 5.75 Å². The fourth-order valence-corrected chi connectivity index (χ4v) is 2.66. The molecule has 0 saturated carbocycles. The Morgan fingerprint density at radius 3 is 2.52 bits per heavy atom. The molecule has 1 aliphatic rings. The van der Waals surface area contributed by atoms with Crippen LogP contribution >= 0.6 is 0 Å². The SMILES string of the molecule is CC(=O)N1CC(C(=O)N(C)CC(=O)NC(C)(C)C)Oc2ccccc21. The van der Waals surface area contributed by atoms with Gasteiger partial charge in [-0.3, -0.25) is 14.4 Å². The van der Waals surface area contributed by atoms with Crippen molar-refractivity contribution in [3.05, 3.63) is 24.3 Å². The van der Waals surface area contributed by atoms with Crippen molar-refractivity contribution in [1.82, 2.24) is 10.2 Å². The fourth-order valence-electron chi connectivity index (χ4n) is 2.66. The average Bonchev–Trinajstić information content (AvgIpc) is 2.50. The molecule has 1 N–H and O–H groups in total. The van der Waals surface area contributed by atoms with Gasteiger partial charge >= 0.3 is 0 Å². The summed E-state index contributed by atoms with van der Waals surface area (Å²) >= 11 is 0. The summed E-state index contributed by atoms with van der Waals surface area (Å²) in [6.07, 6.45) is -0.841. The lowest BCUT2D eigenvalue weighted by molar-refractivity contribution is -0.141. The summed E-state index contributed by atoms with van der Waals surface area (Å²) in [5, 5.41) is 2.81. The number of para-hydroxylation sites is 2. The molecule has 0 saturated heterocycles. The van der Waals surface area contributed by atoms with Gasteiger partial charge in [0.05, 0.1) is 18.8 Å². The molecule has 1 aromatic carbocycles. The molecular formula is C18H25N3O4. The summed E-state index contributed by atoms with van der Waals surface area (Å²) < 4.78 is 5.76. The molecular weight excluding hydrogens is 322 g/mol. The monoisotopic (exact) mass is 347 g/mol. The highest BCUT2D eigenvalue weighted by Gasteiger charge is 2.34. The molecule has 0 aliphatic carbocycles. The number of amides is 3. The number of ether oxygens (including phenoxy) is 1. The lowest BCUT2D eigenvalue weighted by Gasteiger charge is -2.35. The Bertz CT molecular complexity index is 681.